The van der Waals surface area contributed by atoms with Crippen molar-refractivity contribution in [3.63, 3.8) is 0 Å². The van der Waals surface area contributed by atoms with Crippen molar-refractivity contribution in [1.29, 1.82) is 0 Å². The van der Waals surface area contributed by atoms with Crippen molar-refractivity contribution in [2.75, 3.05) is 31.2 Å². The second kappa shape index (κ2) is 6.22. The Labute approximate surface area is 134 Å². The molecule has 0 aliphatic carbocycles. The Hall–Kier alpha value is -2.66. The summed E-state index contributed by atoms with van der Waals surface area (Å²) in [6.45, 7) is 3.43. The van der Waals surface area contributed by atoms with Crippen molar-refractivity contribution in [3.8, 4) is 22.8 Å². The van der Waals surface area contributed by atoms with Crippen LogP contribution in [0.5, 0.6) is 0 Å². The summed E-state index contributed by atoms with van der Waals surface area (Å²) in [7, 11) is 0. The van der Waals surface area contributed by atoms with E-state index in [2.05, 4.69) is 27.2 Å². The van der Waals surface area contributed by atoms with Gasteiger partial charge >= 0.3 is 0 Å². The molecule has 0 atom stereocenters. The van der Waals surface area contributed by atoms with Gasteiger partial charge in [0, 0.05) is 29.9 Å². The number of ether oxygens (including phenoxy) is 1. The molecule has 0 N–H and O–H groups in total. The number of morpholine rings is 1. The first kappa shape index (κ1) is 14.0. The maximum absolute atomic E-state index is 5.38. The minimum Gasteiger partial charge on any atom is -0.378 e. The summed E-state index contributed by atoms with van der Waals surface area (Å²) in [6.07, 6.45) is 0. The molecule has 1 fully saturated rings. The Kier molecular flexibility index (Phi) is 3.78. The van der Waals surface area contributed by atoms with Gasteiger partial charge in [0.2, 0.25) is 5.82 Å². The smallest absolute Gasteiger partial charge is 0.258 e. The van der Waals surface area contributed by atoms with E-state index in [-0.39, 0.29) is 0 Å². The highest BCUT2D eigenvalue weighted by Crippen LogP contribution is 2.24. The van der Waals surface area contributed by atoms with Crippen molar-refractivity contribution < 1.29 is 9.26 Å². The summed E-state index contributed by atoms with van der Waals surface area (Å²) in [6, 6.07) is 18.0. The van der Waals surface area contributed by atoms with Gasteiger partial charge < -0.3 is 14.2 Å². The zero-order chi connectivity index (χ0) is 15.5. The molecule has 5 nitrogen and oxygen atoms in total. The lowest BCUT2D eigenvalue weighted by atomic mass is 10.1. The predicted octanol–water partition coefficient (Wildman–Crippen LogP) is 3.24. The SMILES string of the molecule is c1ccc(-c2nc(-c3ccc(N4CCOCC4)cc3)no2)cc1. The summed E-state index contributed by atoms with van der Waals surface area (Å²) in [5, 5.41) is 4.09. The summed E-state index contributed by atoms with van der Waals surface area (Å²) < 4.78 is 10.7. The summed E-state index contributed by atoms with van der Waals surface area (Å²) >= 11 is 0. The van der Waals surface area contributed by atoms with Crippen LogP contribution in [0.4, 0.5) is 5.69 Å². The van der Waals surface area contributed by atoms with Gasteiger partial charge in [0.1, 0.15) is 0 Å². The van der Waals surface area contributed by atoms with Crippen LogP contribution < -0.4 is 4.90 Å². The molecule has 1 saturated heterocycles. The van der Waals surface area contributed by atoms with Gasteiger partial charge in [-0.15, -0.1) is 0 Å². The van der Waals surface area contributed by atoms with E-state index in [1.165, 1.54) is 5.69 Å². The molecular formula is C18H17N3O2. The number of rotatable bonds is 3. The number of aromatic nitrogens is 2. The quantitative estimate of drug-likeness (QED) is 0.743. The third-order valence-corrected chi connectivity index (χ3v) is 3.95. The molecule has 0 amide bonds. The molecule has 5 heteroatoms. The van der Waals surface area contributed by atoms with Gasteiger partial charge in [0.25, 0.3) is 5.89 Å². The van der Waals surface area contributed by atoms with Crippen molar-refractivity contribution in [2.45, 2.75) is 0 Å². The van der Waals surface area contributed by atoms with Crippen LogP contribution in [0.25, 0.3) is 22.8 Å². The Bertz CT molecular complexity index is 762. The van der Waals surface area contributed by atoms with Gasteiger partial charge in [-0.05, 0) is 36.4 Å². The highest BCUT2D eigenvalue weighted by atomic mass is 16.5. The zero-order valence-electron chi connectivity index (χ0n) is 12.7. The lowest BCUT2D eigenvalue weighted by Gasteiger charge is -2.28. The molecule has 1 aliphatic rings. The molecule has 0 unspecified atom stereocenters. The topological polar surface area (TPSA) is 51.4 Å². The van der Waals surface area contributed by atoms with Crippen LogP contribution >= 0.6 is 0 Å². The number of benzene rings is 2. The largest absolute Gasteiger partial charge is 0.378 e. The highest BCUT2D eigenvalue weighted by molar-refractivity contribution is 5.62. The Morgan fingerprint density at radius 2 is 1.57 bits per heavy atom. The van der Waals surface area contributed by atoms with Gasteiger partial charge in [0.15, 0.2) is 0 Å². The fraction of sp³-hybridized carbons (Fsp3) is 0.222. The van der Waals surface area contributed by atoms with Gasteiger partial charge in [-0.2, -0.15) is 4.98 Å². The van der Waals surface area contributed by atoms with E-state index < -0.39 is 0 Å². The molecule has 2 aromatic carbocycles. The van der Waals surface area contributed by atoms with E-state index in [9.17, 15) is 0 Å². The van der Waals surface area contributed by atoms with Crippen LogP contribution in [0.3, 0.4) is 0 Å². The highest BCUT2D eigenvalue weighted by Gasteiger charge is 2.13. The standard InChI is InChI=1S/C18H17N3O2/c1-2-4-15(5-3-1)18-19-17(20-23-18)14-6-8-16(9-7-14)21-10-12-22-13-11-21/h1-9H,10-13H2. The van der Waals surface area contributed by atoms with Gasteiger partial charge in [-0.3, -0.25) is 0 Å². The van der Waals surface area contributed by atoms with Crippen molar-refractivity contribution in [3.05, 3.63) is 54.6 Å². The summed E-state index contributed by atoms with van der Waals surface area (Å²) in [5.41, 5.74) is 3.08. The second-order valence-corrected chi connectivity index (χ2v) is 5.44. The normalized spacial score (nSPS) is 14.9. The second-order valence-electron chi connectivity index (χ2n) is 5.44. The van der Waals surface area contributed by atoms with Crippen molar-refractivity contribution in [1.82, 2.24) is 10.1 Å². The molecular weight excluding hydrogens is 290 g/mol. The minimum absolute atomic E-state index is 0.540. The number of hydrogen-bond acceptors (Lipinski definition) is 5. The van der Waals surface area contributed by atoms with Gasteiger partial charge in [-0.25, -0.2) is 0 Å². The Morgan fingerprint density at radius 3 is 2.30 bits per heavy atom. The molecule has 116 valence electrons. The van der Waals surface area contributed by atoms with Crippen LogP contribution in [0.15, 0.2) is 59.1 Å². The molecule has 23 heavy (non-hydrogen) atoms. The maximum Gasteiger partial charge on any atom is 0.258 e. The van der Waals surface area contributed by atoms with E-state index >= 15 is 0 Å². The summed E-state index contributed by atoms with van der Waals surface area (Å²) in [4.78, 5) is 6.80. The molecule has 0 spiro atoms. The van der Waals surface area contributed by atoms with Crippen LogP contribution in [0.2, 0.25) is 0 Å². The maximum atomic E-state index is 5.38. The third-order valence-electron chi connectivity index (χ3n) is 3.95. The van der Waals surface area contributed by atoms with Gasteiger partial charge in [-0.1, -0.05) is 23.4 Å². The lowest BCUT2D eigenvalue weighted by molar-refractivity contribution is 0.122. The molecule has 0 saturated carbocycles. The summed E-state index contributed by atoms with van der Waals surface area (Å²) in [5.74, 6) is 1.15. The van der Waals surface area contributed by atoms with E-state index in [0.29, 0.717) is 11.7 Å². The third kappa shape index (κ3) is 2.96. The average Bonchev–Trinajstić information content (AvgIpc) is 3.14. The number of anilines is 1. The predicted molar refractivity (Wildman–Crippen MR) is 88.2 cm³/mol. The fourth-order valence-corrected chi connectivity index (χ4v) is 2.68. The molecule has 1 aliphatic heterocycles. The van der Waals surface area contributed by atoms with Crippen LogP contribution in [0.1, 0.15) is 0 Å². The van der Waals surface area contributed by atoms with Crippen LogP contribution in [-0.4, -0.2) is 36.4 Å². The number of hydrogen-bond donors (Lipinski definition) is 0. The van der Waals surface area contributed by atoms with Crippen molar-refractivity contribution in [2.24, 2.45) is 0 Å². The Morgan fingerprint density at radius 1 is 0.826 bits per heavy atom. The first-order chi connectivity index (χ1) is 11.4. The van der Waals surface area contributed by atoms with Crippen LogP contribution in [-0.2, 0) is 4.74 Å². The van der Waals surface area contributed by atoms with E-state index in [1.807, 2.05) is 42.5 Å². The molecule has 1 aromatic heterocycles. The first-order valence-electron chi connectivity index (χ1n) is 7.72. The monoisotopic (exact) mass is 307 g/mol. The first-order valence-corrected chi connectivity index (χ1v) is 7.72. The molecule has 3 aromatic rings. The minimum atomic E-state index is 0.540. The van der Waals surface area contributed by atoms with Gasteiger partial charge in [0.05, 0.1) is 13.2 Å². The molecule has 0 bridgehead atoms. The van der Waals surface area contributed by atoms with E-state index in [1.54, 1.807) is 0 Å². The molecule has 4 rings (SSSR count). The lowest BCUT2D eigenvalue weighted by Crippen LogP contribution is -2.36. The number of nitrogens with zero attached hydrogens (tertiary/aromatic N) is 3. The molecule has 0 radical (unpaired) electrons. The van der Waals surface area contributed by atoms with E-state index in [4.69, 9.17) is 9.26 Å². The van der Waals surface area contributed by atoms with Crippen molar-refractivity contribution >= 4 is 5.69 Å². The Balaban J connectivity index is 1.55. The van der Waals surface area contributed by atoms with Crippen LogP contribution in [0, 0.1) is 0 Å². The molecule has 2 heterocycles. The average molecular weight is 307 g/mol. The fourth-order valence-electron chi connectivity index (χ4n) is 2.68. The zero-order valence-corrected chi connectivity index (χ0v) is 12.7. The van der Waals surface area contributed by atoms with E-state index in [0.717, 1.165) is 37.4 Å².